The van der Waals surface area contributed by atoms with Crippen LogP contribution in [0.2, 0.25) is 0 Å². The van der Waals surface area contributed by atoms with Crippen LogP contribution in [0.1, 0.15) is 16.7 Å². The zero-order valence-corrected chi connectivity index (χ0v) is 19.3. The molecular formula is C28H28F3N3O. The number of amides is 1. The summed E-state index contributed by atoms with van der Waals surface area (Å²) in [4.78, 5) is 17.9. The summed E-state index contributed by atoms with van der Waals surface area (Å²) in [6, 6.07) is 23.3. The molecule has 1 fully saturated rings. The second-order valence-electron chi connectivity index (χ2n) is 9.30. The van der Waals surface area contributed by atoms with Crippen LogP contribution in [-0.4, -0.2) is 43.0 Å². The lowest BCUT2D eigenvalue weighted by Gasteiger charge is -2.49. The van der Waals surface area contributed by atoms with Gasteiger partial charge in [0, 0.05) is 37.6 Å². The van der Waals surface area contributed by atoms with Gasteiger partial charge in [0.25, 0.3) is 0 Å². The molecule has 0 unspecified atom stereocenters. The Bertz CT molecular complexity index is 1170. The summed E-state index contributed by atoms with van der Waals surface area (Å²) in [6.07, 6.45) is -3.21. The molecule has 3 aromatic rings. The Morgan fingerprint density at radius 2 is 1.66 bits per heavy atom. The number of halogens is 3. The van der Waals surface area contributed by atoms with E-state index in [1.807, 2.05) is 48.5 Å². The van der Waals surface area contributed by atoms with E-state index in [0.29, 0.717) is 24.3 Å². The molecule has 7 heteroatoms. The van der Waals surface area contributed by atoms with E-state index in [4.69, 9.17) is 0 Å². The Kier molecular flexibility index (Phi) is 6.52. The molecule has 0 bridgehead atoms. The Labute approximate surface area is 203 Å². The Balaban J connectivity index is 1.40. The van der Waals surface area contributed by atoms with Gasteiger partial charge in [-0.15, -0.1) is 0 Å². The summed E-state index contributed by atoms with van der Waals surface area (Å²) < 4.78 is 40.2. The number of rotatable bonds is 5. The molecule has 2 aliphatic heterocycles. The van der Waals surface area contributed by atoms with Crippen LogP contribution in [-0.2, 0) is 23.8 Å². The number of benzene rings is 3. The summed E-state index contributed by atoms with van der Waals surface area (Å²) in [5, 5.41) is 2.99. The monoisotopic (exact) mass is 479 g/mol. The topological polar surface area (TPSA) is 35.6 Å². The van der Waals surface area contributed by atoms with Crippen LogP contribution >= 0.6 is 0 Å². The first-order valence-corrected chi connectivity index (χ1v) is 12.0. The number of carbonyl (C=O) groups excluding carboxylic acids is 1. The molecule has 35 heavy (non-hydrogen) atoms. The van der Waals surface area contributed by atoms with E-state index in [1.165, 1.54) is 11.6 Å². The first-order chi connectivity index (χ1) is 16.9. The molecule has 182 valence electrons. The molecule has 2 atom stereocenters. The van der Waals surface area contributed by atoms with Crippen molar-refractivity contribution in [3.05, 3.63) is 95.6 Å². The number of hydrogen-bond acceptors (Lipinski definition) is 3. The zero-order valence-electron chi connectivity index (χ0n) is 19.3. The maximum atomic E-state index is 13.4. The molecule has 0 saturated carbocycles. The largest absolute Gasteiger partial charge is 0.416 e. The van der Waals surface area contributed by atoms with E-state index in [2.05, 4.69) is 27.2 Å². The van der Waals surface area contributed by atoms with Crippen LogP contribution in [0.5, 0.6) is 0 Å². The van der Waals surface area contributed by atoms with Gasteiger partial charge in [-0.3, -0.25) is 9.69 Å². The van der Waals surface area contributed by atoms with Gasteiger partial charge in [0.2, 0.25) is 5.91 Å². The van der Waals surface area contributed by atoms with Gasteiger partial charge in [0.1, 0.15) is 0 Å². The van der Waals surface area contributed by atoms with Crippen molar-refractivity contribution in [3.8, 4) is 0 Å². The van der Waals surface area contributed by atoms with Crippen LogP contribution in [0.15, 0.2) is 78.9 Å². The van der Waals surface area contributed by atoms with Gasteiger partial charge in [-0.25, -0.2) is 0 Å². The molecule has 4 nitrogen and oxygen atoms in total. The van der Waals surface area contributed by atoms with Crippen molar-refractivity contribution < 1.29 is 18.0 Å². The fraction of sp³-hybridized carbons (Fsp3) is 0.321. The average molecular weight is 480 g/mol. The van der Waals surface area contributed by atoms with Crippen LogP contribution in [0.3, 0.4) is 0 Å². The molecule has 1 saturated heterocycles. The van der Waals surface area contributed by atoms with Gasteiger partial charge in [-0.1, -0.05) is 48.5 Å². The minimum atomic E-state index is -4.41. The summed E-state index contributed by atoms with van der Waals surface area (Å²) in [5.74, 6) is -0.607. The van der Waals surface area contributed by atoms with Gasteiger partial charge in [0.05, 0.1) is 17.5 Å². The van der Waals surface area contributed by atoms with E-state index < -0.39 is 17.7 Å². The molecule has 2 heterocycles. The number of anilines is 2. The summed E-state index contributed by atoms with van der Waals surface area (Å²) in [6.45, 7) is 3.05. The molecular weight excluding hydrogens is 451 g/mol. The quantitative estimate of drug-likeness (QED) is 0.543. The summed E-state index contributed by atoms with van der Waals surface area (Å²) in [5.41, 5.74) is 2.69. The second-order valence-corrected chi connectivity index (χ2v) is 9.30. The highest BCUT2D eigenvalue weighted by Gasteiger charge is 2.42. The van der Waals surface area contributed by atoms with Crippen molar-refractivity contribution >= 4 is 17.3 Å². The maximum Gasteiger partial charge on any atom is 0.416 e. The second kappa shape index (κ2) is 9.74. The third kappa shape index (κ3) is 5.20. The van der Waals surface area contributed by atoms with Crippen molar-refractivity contribution in [2.45, 2.75) is 25.1 Å². The van der Waals surface area contributed by atoms with Crippen molar-refractivity contribution in [1.29, 1.82) is 0 Å². The van der Waals surface area contributed by atoms with E-state index in [-0.39, 0.29) is 18.4 Å². The van der Waals surface area contributed by atoms with Crippen molar-refractivity contribution in [2.75, 3.05) is 36.4 Å². The molecule has 0 radical (unpaired) electrons. The lowest BCUT2D eigenvalue weighted by molar-refractivity contribution is -0.137. The van der Waals surface area contributed by atoms with Gasteiger partial charge < -0.3 is 10.2 Å². The van der Waals surface area contributed by atoms with Crippen molar-refractivity contribution in [1.82, 2.24) is 4.90 Å². The summed E-state index contributed by atoms with van der Waals surface area (Å²) in [7, 11) is 0. The van der Waals surface area contributed by atoms with Gasteiger partial charge >= 0.3 is 6.18 Å². The third-order valence-electron chi connectivity index (χ3n) is 7.06. The molecule has 1 N–H and O–H groups in total. The zero-order chi connectivity index (χ0) is 24.4. The van der Waals surface area contributed by atoms with Crippen LogP contribution in [0, 0.1) is 5.92 Å². The molecule has 1 amide bonds. The van der Waals surface area contributed by atoms with Crippen molar-refractivity contribution in [2.24, 2.45) is 5.92 Å². The normalized spacial score (nSPS) is 20.1. The molecule has 3 aromatic carbocycles. The van der Waals surface area contributed by atoms with E-state index in [1.54, 1.807) is 6.07 Å². The first-order valence-electron chi connectivity index (χ1n) is 12.0. The number of nitrogens with one attached hydrogen (secondary N) is 1. The van der Waals surface area contributed by atoms with Gasteiger partial charge in [-0.2, -0.15) is 13.2 Å². The lowest BCUT2D eigenvalue weighted by atomic mass is 9.82. The average Bonchev–Trinajstić information content (AvgIpc) is 2.87. The highest BCUT2D eigenvalue weighted by atomic mass is 19.4. The van der Waals surface area contributed by atoms with Crippen molar-refractivity contribution in [3.63, 3.8) is 0 Å². The number of alkyl halides is 3. The fourth-order valence-corrected chi connectivity index (χ4v) is 5.25. The SMILES string of the molecule is O=C(Nc1ccccc1)[C@@H]1Cc2cc(C(F)(F)F)ccc2N2CCN(CCc3ccccc3)C[C@@H]12. The predicted molar refractivity (Wildman–Crippen MR) is 131 cm³/mol. The minimum Gasteiger partial charge on any atom is -0.365 e. The number of fused-ring (bicyclic) bond motifs is 3. The number of para-hydroxylation sites is 1. The third-order valence-corrected chi connectivity index (χ3v) is 7.06. The first kappa shape index (κ1) is 23.4. The summed E-state index contributed by atoms with van der Waals surface area (Å²) >= 11 is 0. The predicted octanol–water partition coefficient (Wildman–Crippen LogP) is 5.25. The maximum absolute atomic E-state index is 13.4. The lowest BCUT2D eigenvalue weighted by Crippen LogP contribution is -2.60. The number of hydrogen-bond donors (Lipinski definition) is 1. The Hall–Kier alpha value is -3.32. The molecule has 0 aromatic heterocycles. The smallest absolute Gasteiger partial charge is 0.365 e. The Morgan fingerprint density at radius 1 is 0.943 bits per heavy atom. The highest BCUT2D eigenvalue weighted by Crippen LogP contribution is 2.40. The standard InChI is InChI=1S/C28H28F3N3O/c29-28(30,31)22-11-12-25-21(17-22)18-24(27(35)32-23-9-5-2-6-10-23)26-19-33(15-16-34(25)26)14-13-20-7-3-1-4-8-20/h1-12,17,24,26H,13-16,18-19H2,(H,32,35)/t24-,26+/m1/s1. The molecule has 0 aliphatic carbocycles. The number of piperazine rings is 1. The van der Waals surface area contributed by atoms with Crippen LogP contribution < -0.4 is 10.2 Å². The number of carbonyl (C=O) groups is 1. The Morgan fingerprint density at radius 3 is 2.37 bits per heavy atom. The van der Waals surface area contributed by atoms with Gasteiger partial charge in [0.15, 0.2) is 0 Å². The van der Waals surface area contributed by atoms with Crippen LogP contribution in [0.4, 0.5) is 24.5 Å². The highest BCUT2D eigenvalue weighted by molar-refractivity contribution is 5.94. The van der Waals surface area contributed by atoms with Gasteiger partial charge in [-0.05, 0) is 54.3 Å². The fourth-order valence-electron chi connectivity index (χ4n) is 5.25. The van der Waals surface area contributed by atoms with E-state index >= 15 is 0 Å². The molecule has 2 aliphatic rings. The van der Waals surface area contributed by atoms with Crippen LogP contribution in [0.25, 0.3) is 0 Å². The molecule has 5 rings (SSSR count). The number of nitrogens with zero attached hydrogens (tertiary/aromatic N) is 2. The van der Waals surface area contributed by atoms with E-state index in [0.717, 1.165) is 31.3 Å². The molecule has 0 spiro atoms. The van der Waals surface area contributed by atoms with E-state index in [9.17, 15) is 18.0 Å². The minimum absolute atomic E-state index is 0.104.